The van der Waals surface area contributed by atoms with Gasteiger partial charge >= 0.3 is 106 Å². The Kier molecular flexibility index (Phi) is 49.3. The van der Waals surface area contributed by atoms with Crippen molar-refractivity contribution in [3.8, 4) is 0 Å². The maximum Gasteiger partial charge on any atom is 0.397 e. The van der Waals surface area contributed by atoms with Gasteiger partial charge in [0.1, 0.15) is 79.3 Å². The maximum absolute atomic E-state index is 15.4. The molecule has 5 aliphatic rings. The van der Waals surface area contributed by atoms with Crippen molar-refractivity contribution >= 4 is 123 Å². The van der Waals surface area contributed by atoms with Gasteiger partial charge in [0.2, 0.25) is 24.0 Å². The summed E-state index contributed by atoms with van der Waals surface area (Å²) >= 11 is 0. The second-order valence-corrected chi connectivity index (χ2v) is 36.3. The summed E-state index contributed by atoms with van der Waals surface area (Å²) in [5.41, 5.74) is 0. The number of nitrogens with one attached hydrogen (secondary N) is 3. The normalized spacial score (nSPS) is 29.0. The minimum atomic E-state index is -6.25. The maximum atomic E-state index is 15.4. The van der Waals surface area contributed by atoms with Crippen molar-refractivity contribution in [3.05, 3.63) is 11.8 Å². The first-order valence-electron chi connectivity index (χ1n) is 43.3. The van der Waals surface area contributed by atoms with Crippen LogP contribution in [-0.2, 0) is 220 Å². The number of carbonyl (C=O) groups is 12. The Bertz CT molecular complexity index is 4580. The summed E-state index contributed by atoms with van der Waals surface area (Å²) in [7, 11) is -29.6. The first-order chi connectivity index (χ1) is 63.7. The number of aliphatic hydroxyl groups is 1. The average Bonchev–Trinajstić information content (AvgIpc) is 0.750. The zero-order valence-electron chi connectivity index (χ0n) is 76.2. The summed E-state index contributed by atoms with van der Waals surface area (Å²) in [6.07, 6.45) is -60.3. The Morgan fingerprint density at radius 1 is 0.316 bits per heavy atom. The van der Waals surface area contributed by atoms with Crippen LogP contribution in [0.5, 0.6) is 0 Å². The van der Waals surface area contributed by atoms with Crippen LogP contribution < -0.4 is 16.0 Å². The van der Waals surface area contributed by atoms with Crippen molar-refractivity contribution < 1.29 is 238 Å². The lowest BCUT2D eigenvalue weighted by Gasteiger charge is -2.51. The highest BCUT2D eigenvalue weighted by atomic mass is 32.3. The van der Waals surface area contributed by atoms with Gasteiger partial charge in [-0.15, -0.1) is 0 Å². The van der Waals surface area contributed by atoms with E-state index in [0.29, 0.717) is 18.9 Å². The monoisotopic (exact) mass is 2070 g/mol. The van der Waals surface area contributed by atoms with E-state index in [2.05, 4.69) is 20.1 Å². The molecule has 0 aliphatic carbocycles. The van der Waals surface area contributed by atoms with Crippen LogP contribution in [0, 0.1) is 0 Å². The van der Waals surface area contributed by atoms with Crippen molar-refractivity contribution in [1.29, 1.82) is 0 Å². The molecule has 60 heteroatoms. The van der Waals surface area contributed by atoms with E-state index in [1.165, 1.54) is 34.6 Å². The SMILES string of the molecule is CCCCOC(=O)/C=C(\COC(=O)CCC)OC1OC(COS(=O)(=O)O)C(OC2OC(C(=O)OCCCC)C(OC3OC(COS(=O)(=O)O)C(OC4OC(C(=O)OCCCC)C(OC5OC(COS(=O)(=O)O)C(O)C(OC(=O)CCC)C5NC(C)=O)C(OC(=O)CCC)C4OS(=O)(=O)O)C(OC(=O)CCC)C3NC(C)=O)C(OC(=O)CCC)C2OS(=O)(=O)O)C(OC(=O)CCC)C1NC(C)=O. The molecule has 5 heterocycles. The van der Waals surface area contributed by atoms with Gasteiger partial charge in [-0.1, -0.05) is 81.6 Å². The standard InChI is InChI=1S/C76H121N3O52S5/c1-13-22-31-108-52(89)34-42(35-111-46(83)25-16-4)115-72-54(78-40(11)81)60(120-48(85)27-18-6)57(44(117-72)37-113-133(96,97)98)124-75-69(131-136(105,106)107)65(123-51(88)30-21-9)63(67(129-75)71(92)110-33-24-15-3)127-74-55(79-41(12)82)61(121-49(86)28-19-7)58(45(118-74)38-114-134(99,100)101)125-76-68(130-135(102,103)104)64(122-50(87)29-20-8)62(66(128-76)70(91)109-32-23-14-2)126-73-53(77-39(10)80)59(119-47(84)26-17-5)56(90)43(116-73)36-112-132(93,94)95/h34,43-45,53-69,72-76,90H,13-33,35-38H2,1-12H3,(H,77,80)(H,78,81)(H,79,82)(H,93,94,95)(H,96,97,98)(H,99,100,101)(H,102,103,104)(H,105,106,107)/b42-34+. The molecule has 5 aliphatic heterocycles. The summed E-state index contributed by atoms with van der Waals surface area (Å²) in [4.78, 5) is 169. The number of ether oxygens (including phenoxy) is 19. The van der Waals surface area contributed by atoms with Crippen LogP contribution in [0.4, 0.5) is 0 Å². The molecule has 5 fully saturated rings. The van der Waals surface area contributed by atoms with Crippen LogP contribution in [0.3, 0.4) is 0 Å². The molecule has 0 saturated carbocycles. The third-order valence-corrected chi connectivity index (χ3v) is 21.7. The molecule has 0 aromatic heterocycles. The number of esters is 9. The van der Waals surface area contributed by atoms with Crippen molar-refractivity contribution in [2.75, 3.05) is 46.2 Å². The lowest BCUT2D eigenvalue weighted by molar-refractivity contribution is -0.374. The number of unbranched alkanes of at least 4 members (excludes halogenated alkanes) is 3. The molecule has 25 atom stereocenters. The molecule has 5 rings (SSSR count). The Balaban J connectivity index is 1.93. The van der Waals surface area contributed by atoms with E-state index in [9.17, 15) is 118 Å². The minimum Gasteiger partial charge on any atom is -0.464 e. The number of hydrogen-bond acceptors (Lipinski definition) is 47. The van der Waals surface area contributed by atoms with E-state index in [-0.39, 0.29) is 77.2 Å². The molecule has 25 unspecified atom stereocenters. The van der Waals surface area contributed by atoms with Crippen LogP contribution in [0.1, 0.15) is 199 Å². The average molecular weight is 2070 g/mol. The van der Waals surface area contributed by atoms with Crippen molar-refractivity contribution in [2.45, 2.75) is 352 Å². The third-order valence-electron chi connectivity index (χ3n) is 19.5. The molecule has 0 radical (unpaired) electrons. The summed E-state index contributed by atoms with van der Waals surface area (Å²) in [6.45, 7) is 9.05. The van der Waals surface area contributed by atoms with Crippen molar-refractivity contribution in [3.63, 3.8) is 0 Å². The molecular weight excluding hydrogens is 1950 g/mol. The molecule has 55 nitrogen and oxygen atoms in total. The quantitative estimate of drug-likeness (QED) is 0.00942. The minimum absolute atomic E-state index is 0.00277. The van der Waals surface area contributed by atoms with Gasteiger partial charge in [-0.25, -0.2) is 35.3 Å². The van der Waals surface area contributed by atoms with Gasteiger partial charge < -0.3 is 111 Å². The Morgan fingerprint density at radius 2 is 0.618 bits per heavy atom. The third kappa shape index (κ3) is 40.0. The first-order valence-corrected chi connectivity index (χ1v) is 50.1. The van der Waals surface area contributed by atoms with Gasteiger partial charge in [0, 0.05) is 59.3 Å². The summed E-state index contributed by atoms with van der Waals surface area (Å²) in [5.74, 6) is -16.1. The van der Waals surface area contributed by atoms with Gasteiger partial charge in [-0.2, -0.15) is 42.1 Å². The van der Waals surface area contributed by atoms with E-state index in [1.54, 1.807) is 27.7 Å². The fraction of sp³-hybridized carbons (Fsp3) is 0.816. The van der Waals surface area contributed by atoms with Crippen LogP contribution in [0.15, 0.2) is 11.8 Å². The van der Waals surface area contributed by atoms with E-state index in [1.807, 2.05) is 0 Å². The highest BCUT2D eigenvalue weighted by Crippen LogP contribution is 2.42. The zero-order valence-corrected chi connectivity index (χ0v) is 80.3. The molecular formula is C76H121N3O52S5. The number of carbonyl (C=O) groups excluding carboxylic acids is 12. The van der Waals surface area contributed by atoms with Crippen LogP contribution in [-0.4, -0.2) is 341 Å². The lowest BCUT2D eigenvalue weighted by atomic mass is 9.93. The molecule has 782 valence electrons. The fourth-order valence-corrected chi connectivity index (χ4v) is 15.7. The predicted molar refractivity (Wildman–Crippen MR) is 444 cm³/mol. The van der Waals surface area contributed by atoms with Crippen LogP contribution in [0.25, 0.3) is 0 Å². The first kappa shape index (κ1) is 119. The Labute approximate surface area is 784 Å². The molecule has 0 aromatic rings. The number of rotatable bonds is 57. The molecule has 0 spiro atoms. The lowest BCUT2D eigenvalue weighted by Crippen LogP contribution is -2.72. The molecule has 5 saturated heterocycles. The topological polar surface area (TPSA) is 755 Å². The van der Waals surface area contributed by atoms with Gasteiger partial charge in [-0.3, -0.25) is 65.9 Å². The molecule has 9 N–H and O–H groups in total. The second kappa shape index (κ2) is 56.5. The smallest absolute Gasteiger partial charge is 0.397 e. The van der Waals surface area contributed by atoms with E-state index < -0.39 is 354 Å². The number of aliphatic hydroxyl groups excluding tert-OH is 1. The van der Waals surface area contributed by atoms with Crippen molar-refractivity contribution in [2.24, 2.45) is 0 Å². The summed E-state index contributed by atoms with van der Waals surface area (Å²) in [5, 5.41) is 18.7. The zero-order chi connectivity index (χ0) is 102. The molecule has 0 bridgehead atoms. The van der Waals surface area contributed by atoms with E-state index in [0.717, 1.165) is 20.8 Å². The van der Waals surface area contributed by atoms with E-state index in [4.69, 9.17) is 107 Å². The second-order valence-electron chi connectivity index (χ2n) is 30.9. The van der Waals surface area contributed by atoms with Gasteiger partial charge in [0.25, 0.3) is 0 Å². The van der Waals surface area contributed by atoms with Crippen LogP contribution >= 0.6 is 0 Å². The highest BCUT2D eigenvalue weighted by molar-refractivity contribution is 7.81. The van der Waals surface area contributed by atoms with Crippen LogP contribution in [0.2, 0.25) is 0 Å². The Hall–Kier alpha value is -7.87. The summed E-state index contributed by atoms with van der Waals surface area (Å²) in [6, 6.07) is -6.79. The number of amides is 3. The molecule has 136 heavy (non-hydrogen) atoms. The molecule has 3 amide bonds. The fourth-order valence-electron chi connectivity index (χ4n) is 13.8. The predicted octanol–water partition coefficient (Wildman–Crippen LogP) is -0.306. The van der Waals surface area contributed by atoms with Gasteiger partial charge in [0.15, 0.2) is 80.1 Å². The van der Waals surface area contributed by atoms with Gasteiger partial charge in [0.05, 0.1) is 45.7 Å². The molecule has 0 aromatic carbocycles. The van der Waals surface area contributed by atoms with Gasteiger partial charge in [-0.05, 0) is 57.8 Å². The summed E-state index contributed by atoms with van der Waals surface area (Å²) < 4.78 is 321. The van der Waals surface area contributed by atoms with E-state index >= 15 is 9.59 Å². The Morgan fingerprint density at radius 3 is 0.956 bits per heavy atom. The number of hydrogen-bond donors (Lipinski definition) is 9. The highest BCUT2D eigenvalue weighted by Gasteiger charge is 2.64. The largest absolute Gasteiger partial charge is 0.464 e. The van der Waals surface area contributed by atoms with Crippen molar-refractivity contribution in [1.82, 2.24) is 16.0 Å².